The second kappa shape index (κ2) is 15.6. The fraction of sp³-hybridized carbons (Fsp3) is 0.394. The summed E-state index contributed by atoms with van der Waals surface area (Å²) in [7, 11) is 1.90. The van der Waals surface area contributed by atoms with Crippen LogP contribution in [0.5, 0.6) is 5.75 Å². The molecule has 0 unspecified atom stereocenters. The quantitative estimate of drug-likeness (QED) is 0.192. The standard InChI is InChI=1S/C33H41N3O8/c1-4-42-30(40)17-34-33(41)35-26-9-5-8-25(15-26)32-43-29(19-36(3)18-28(39)24-7-6-10-27(38)16-24)21(2)31(44-32)23-13-11-22(20-37)12-14-23/h5-16,21,28-29,31-32,37-39H,4,17-20H2,1-3H3,(H2,34,35,41)/t21-,28-,29+,31+,32+/m1/s1. The zero-order chi connectivity index (χ0) is 31.6. The number of rotatable bonds is 12. The molecule has 0 spiro atoms. The van der Waals surface area contributed by atoms with Gasteiger partial charge in [0.2, 0.25) is 0 Å². The summed E-state index contributed by atoms with van der Waals surface area (Å²) in [6.45, 7) is 4.46. The van der Waals surface area contributed by atoms with Crippen molar-refractivity contribution in [1.82, 2.24) is 10.2 Å². The molecule has 0 aromatic heterocycles. The van der Waals surface area contributed by atoms with Crippen molar-refractivity contribution in [1.29, 1.82) is 0 Å². The molecule has 2 amide bonds. The number of likely N-dealkylation sites (N-methyl/N-ethyl adjacent to an activating group) is 1. The molecule has 5 N–H and O–H groups in total. The van der Waals surface area contributed by atoms with Gasteiger partial charge in [-0.15, -0.1) is 0 Å². The van der Waals surface area contributed by atoms with E-state index in [4.69, 9.17) is 14.2 Å². The van der Waals surface area contributed by atoms with Gasteiger partial charge in [0.25, 0.3) is 0 Å². The van der Waals surface area contributed by atoms with Crippen LogP contribution in [0.3, 0.4) is 0 Å². The van der Waals surface area contributed by atoms with Crippen LogP contribution < -0.4 is 10.6 Å². The third kappa shape index (κ3) is 9.01. The molecule has 0 bridgehead atoms. The van der Waals surface area contributed by atoms with Gasteiger partial charge in [-0.1, -0.05) is 55.5 Å². The van der Waals surface area contributed by atoms with E-state index < -0.39 is 24.4 Å². The van der Waals surface area contributed by atoms with Gasteiger partial charge in [-0.2, -0.15) is 0 Å². The number of nitrogens with one attached hydrogen (secondary N) is 2. The summed E-state index contributed by atoms with van der Waals surface area (Å²) in [4.78, 5) is 25.9. The van der Waals surface area contributed by atoms with E-state index in [1.807, 2.05) is 42.3 Å². The minimum Gasteiger partial charge on any atom is -0.508 e. The average molecular weight is 608 g/mol. The first-order valence-corrected chi connectivity index (χ1v) is 14.6. The fourth-order valence-electron chi connectivity index (χ4n) is 5.15. The molecule has 11 nitrogen and oxygen atoms in total. The highest BCUT2D eigenvalue weighted by Crippen LogP contribution is 2.42. The molecule has 1 saturated heterocycles. The topological polar surface area (TPSA) is 150 Å². The number of anilines is 1. The second-order valence-corrected chi connectivity index (χ2v) is 10.9. The molecule has 11 heteroatoms. The number of hydrogen-bond acceptors (Lipinski definition) is 9. The molecule has 1 aliphatic rings. The maximum absolute atomic E-state index is 12.4. The number of esters is 1. The first-order chi connectivity index (χ1) is 21.2. The largest absolute Gasteiger partial charge is 0.508 e. The van der Waals surface area contributed by atoms with Crippen molar-refractivity contribution in [3.8, 4) is 5.75 Å². The van der Waals surface area contributed by atoms with E-state index in [2.05, 4.69) is 17.6 Å². The van der Waals surface area contributed by atoms with E-state index in [0.717, 1.165) is 11.1 Å². The molecule has 5 atom stereocenters. The van der Waals surface area contributed by atoms with Crippen LogP contribution in [0.25, 0.3) is 0 Å². The first kappa shape index (κ1) is 32.9. The van der Waals surface area contributed by atoms with Gasteiger partial charge < -0.3 is 45.1 Å². The van der Waals surface area contributed by atoms with Gasteiger partial charge in [-0.25, -0.2) is 4.79 Å². The van der Waals surface area contributed by atoms with Crippen molar-refractivity contribution < 1.29 is 39.1 Å². The van der Waals surface area contributed by atoms with Crippen molar-refractivity contribution in [2.45, 2.75) is 45.1 Å². The SMILES string of the molecule is CCOC(=O)CNC(=O)Nc1cccc([C@H]2O[C@@H](CN(C)C[C@@H](O)c3cccc(O)c3)[C@@H](C)[C@@H](c3ccc(CO)cc3)O2)c1. The van der Waals surface area contributed by atoms with E-state index >= 15 is 0 Å². The normalized spacial score (nSPS) is 20.6. The molecule has 0 radical (unpaired) electrons. The molecule has 1 aliphatic heterocycles. The molecule has 0 aliphatic carbocycles. The molecular formula is C33H41N3O8. The zero-order valence-electron chi connectivity index (χ0n) is 25.2. The average Bonchev–Trinajstić information content (AvgIpc) is 3.01. The number of aromatic hydroxyl groups is 1. The molecule has 1 heterocycles. The molecule has 4 rings (SSSR count). The van der Waals surface area contributed by atoms with Crippen molar-refractivity contribution in [3.05, 3.63) is 95.1 Å². The first-order valence-electron chi connectivity index (χ1n) is 14.6. The number of ether oxygens (including phenoxy) is 3. The van der Waals surface area contributed by atoms with E-state index in [-0.39, 0.29) is 43.6 Å². The predicted octanol–water partition coefficient (Wildman–Crippen LogP) is 4.03. The van der Waals surface area contributed by atoms with E-state index in [0.29, 0.717) is 29.9 Å². The Balaban J connectivity index is 1.51. The number of amides is 2. The second-order valence-electron chi connectivity index (χ2n) is 10.9. The maximum Gasteiger partial charge on any atom is 0.325 e. The Morgan fingerprint density at radius 3 is 2.48 bits per heavy atom. The van der Waals surface area contributed by atoms with Crippen LogP contribution in [0.4, 0.5) is 10.5 Å². The van der Waals surface area contributed by atoms with E-state index in [9.17, 15) is 24.9 Å². The Bertz CT molecular complexity index is 1390. The van der Waals surface area contributed by atoms with Crippen molar-refractivity contribution in [2.24, 2.45) is 5.92 Å². The summed E-state index contributed by atoms with van der Waals surface area (Å²) < 4.78 is 17.9. The van der Waals surface area contributed by atoms with Crippen molar-refractivity contribution in [3.63, 3.8) is 0 Å². The number of carbonyl (C=O) groups excluding carboxylic acids is 2. The number of carbonyl (C=O) groups is 2. The van der Waals surface area contributed by atoms with Crippen LogP contribution in [0.15, 0.2) is 72.8 Å². The van der Waals surface area contributed by atoms with Crippen LogP contribution in [0, 0.1) is 5.92 Å². The molecule has 236 valence electrons. The Hall–Kier alpha value is -4.00. The Labute approximate surface area is 257 Å². The van der Waals surface area contributed by atoms with Crippen LogP contribution in [-0.2, 0) is 25.6 Å². The van der Waals surface area contributed by atoms with Gasteiger partial charge in [0.05, 0.1) is 31.5 Å². The van der Waals surface area contributed by atoms with Crippen LogP contribution in [0.2, 0.25) is 0 Å². The van der Waals surface area contributed by atoms with Crippen molar-refractivity contribution >= 4 is 17.7 Å². The van der Waals surface area contributed by atoms with Gasteiger partial charge in [0, 0.05) is 30.3 Å². The summed E-state index contributed by atoms with van der Waals surface area (Å²) in [6, 6.07) is 20.7. The molecule has 44 heavy (non-hydrogen) atoms. The minimum atomic E-state index is -0.808. The van der Waals surface area contributed by atoms with Crippen LogP contribution >= 0.6 is 0 Å². The Kier molecular flexibility index (Phi) is 11.7. The molecule has 3 aromatic rings. The van der Waals surface area contributed by atoms with Gasteiger partial charge in [-0.05, 0) is 54.9 Å². The number of hydrogen-bond donors (Lipinski definition) is 5. The number of urea groups is 1. The lowest BCUT2D eigenvalue weighted by Gasteiger charge is -2.42. The number of nitrogens with zero attached hydrogens (tertiary/aromatic N) is 1. The highest BCUT2D eigenvalue weighted by molar-refractivity contribution is 5.91. The number of aliphatic hydroxyl groups is 2. The summed E-state index contributed by atoms with van der Waals surface area (Å²) in [5.74, 6) is -0.517. The van der Waals surface area contributed by atoms with Gasteiger partial charge in [0.1, 0.15) is 12.3 Å². The highest BCUT2D eigenvalue weighted by Gasteiger charge is 2.39. The number of aliphatic hydroxyl groups excluding tert-OH is 2. The smallest absolute Gasteiger partial charge is 0.325 e. The third-order valence-electron chi connectivity index (χ3n) is 7.47. The Morgan fingerprint density at radius 2 is 1.77 bits per heavy atom. The molecular weight excluding hydrogens is 566 g/mol. The molecule has 1 fully saturated rings. The minimum absolute atomic E-state index is 0.0603. The summed E-state index contributed by atoms with van der Waals surface area (Å²) >= 11 is 0. The van der Waals surface area contributed by atoms with Gasteiger partial charge in [0.15, 0.2) is 6.29 Å². The lowest BCUT2D eigenvalue weighted by molar-refractivity contribution is -0.276. The summed E-state index contributed by atoms with van der Waals surface area (Å²) in [6.07, 6.45) is -2.23. The lowest BCUT2D eigenvalue weighted by Crippen LogP contribution is -2.44. The lowest BCUT2D eigenvalue weighted by atomic mass is 9.90. The maximum atomic E-state index is 12.4. The zero-order valence-corrected chi connectivity index (χ0v) is 25.2. The van der Waals surface area contributed by atoms with Gasteiger partial charge >= 0.3 is 12.0 Å². The molecule has 0 saturated carbocycles. The molecule has 3 aromatic carbocycles. The number of phenolic OH excluding ortho intramolecular Hbond substituents is 1. The number of benzene rings is 3. The van der Waals surface area contributed by atoms with Crippen LogP contribution in [0.1, 0.15) is 54.6 Å². The monoisotopic (exact) mass is 607 g/mol. The fourth-order valence-corrected chi connectivity index (χ4v) is 5.15. The van der Waals surface area contributed by atoms with E-state index in [1.54, 1.807) is 49.4 Å². The predicted molar refractivity (Wildman–Crippen MR) is 164 cm³/mol. The van der Waals surface area contributed by atoms with Gasteiger partial charge in [-0.3, -0.25) is 4.79 Å². The van der Waals surface area contributed by atoms with E-state index in [1.165, 1.54) is 0 Å². The van der Waals surface area contributed by atoms with Crippen molar-refractivity contribution in [2.75, 3.05) is 38.6 Å². The highest BCUT2D eigenvalue weighted by atomic mass is 16.7. The van der Waals surface area contributed by atoms with Crippen LogP contribution in [-0.4, -0.2) is 71.6 Å². The Morgan fingerprint density at radius 1 is 1.02 bits per heavy atom. The summed E-state index contributed by atoms with van der Waals surface area (Å²) in [5.41, 5.74) is 3.52. The third-order valence-corrected chi connectivity index (χ3v) is 7.47. The summed E-state index contributed by atoms with van der Waals surface area (Å²) in [5, 5.41) is 35.3. The number of phenols is 1.